The van der Waals surface area contributed by atoms with Crippen molar-refractivity contribution in [1.82, 2.24) is 4.90 Å². The van der Waals surface area contributed by atoms with Gasteiger partial charge in [-0.3, -0.25) is 9.59 Å². The van der Waals surface area contributed by atoms with Gasteiger partial charge in [-0.1, -0.05) is 18.2 Å². The molecule has 0 bridgehead atoms. The number of Topliss-reactive ketones (excluding diaryl/α,β-unsaturated/α-hetero) is 1. The summed E-state index contributed by atoms with van der Waals surface area (Å²) in [6, 6.07) is 9.03. The fraction of sp³-hybridized carbons (Fsp3) is 0.263. The van der Waals surface area contributed by atoms with E-state index < -0.39 is 17.7 Å². The Balaban J connectivity index is 2.04. The molecule has 1 amide bonds. The van der Waals surface area contributed by atoms with E-state index in [-0.39, 0.29) is 17.1 Å². The number of aliphatic hydroxyl groups excluding tert-OH is 1. The first-order valence-corrected chi connectivity index (χ1v) is 9.02. The highest BCUT2D eigenvalue weighted by Gasteiger charge is 2.43. The third-order valence-corrected chi connectivity index (χ3v) is 5.10. The topological polar surface area (TPSA) is 87.1 Å². The molecule has 0 unspecified atom stereocenters. The van der Waals surface area contributed by atoms with Crippen LogP contribution < -0.4 is 0 Å². The van der Waals surface area contributed by atoms with Crippen molar-refractivity contribution < 1.29 is 24.5 Å². The van der Waals surface area contributed by atoms with Gasteiger partial charge in [-0.2, -0.15) is 0 Å². The summed E-state index contributed by atoms with van der Waals surface area (Å²) in [5, 5.41) is 22.0. The van der Waals surface area contributed by atoms with Crippen molar-refractivity contribution in [3.63, 3.8) is 0 Å². The zero-order valence-electron chi connectivity index (χ0n) is 14.2. The van der Waals surface area contributed by atoms with Gasteiger partial charge in [0.1, 0.15) is 5.75 Å². The molecular formula is C19H19NO5S. The Bertz CT molecular complexity index is 843. The van der Waals surface area contributed by atoms with E-state index in [0.29, 0.717) is 30.0 Å². The molecule has 2 aromatic rings. The molecule has 2 N–H and O–H groups in total. The van der Waals surface area contributed by atoms with Gasteiger partial charge in [0.15, 0.2) is 5.76 Å². The van der Waals surface area contributed by atoms with Gasteiger partial charge in [0, 0.05) is 20.3 Å². The molecule has 1 aliphatic rings. The molecule has 6 nitrogen and oxygen atoms in total. The number of aliphatic hydroxyl groups is 1. The van der Waals surface area contributed by atoms with E-state index in [2.05, 4.69) is 0 Å². The SMILES string of the molecule is COCCCN1C(=O)C(O)=C(C(=O)c2cccs2)[C@@H]1c1cccc(O)c1. The third kappa shape index (κ3) is 3.36. The molecule has 0 aliphatic carbocycles. The van der Waals surface area contributed by atoms with Crippen molar-refractivity contribution in [1.29, 1.82) is 0 Å². The van der Waals surface area contributed by atoms with Crippen molar-refractivity contribution in [2.45, 2.75) is 12.5 Å². The number of phenolic OH excluding ortho intramolecular Hbond substituents is 1. The standard InChI is InChI=1S/C19H19NO5S/c1-25-9-4-8-20-16(12-5-2-6-13(21)11-12)15(18(23)19(20)24)17(22)14-7-3-10-26-14/h2-3,5-7,10-11,16,21,23H,4,8-9H2,1H3/t16-/m0/s1. The zero-order chi connectivity index (χ0) is 18.7. The molecule has 26 heavy (non-hydrogen) atoms. The minimum Gasteiger partial charge on any atom is -0.508 e. The maximum absolute atomic E-state index is 12.9. The number of hydrogen-bond acceptors (Lipinski definition) is 6. The number of ether oxygens (including phenoxy) is 1. The van der Waals surface area contributed by atoms with Crippen LogP contribution in [0.15, 0.2) is 53.1 Å². The van der Waals surface area contributed by atoms with Gasteiger partial charge < -0.3 is 19.8 Å². The summed E-state index contributed by atoms with van der Waals surface area (Å²) in [5.41, 5.74) is 0.611. The molecule has 1 atom stereocenters. The van der Waals surface area contributed by atoms with E-state index in [1.807, 2.05) is 0 Å². The number of amides is 1. The predicted molar refractivity (Wildman–Crippen MR) is 97.4 cm³/mol. The van der Waals surface area contributed by atoms with E-state index in [4.69, 9.17) is 4.74 Å². The first kappa shape index (κ1) is 18.2. The maximum atomic E-state index is 12.9. The molecule has 0 fully saturated rings. The summed E-state index contributed by atoms with van der Waals surface area (Å²) in [5.74, 6) is -1.47. The molecule has 0 radical (unpaired) electrons. The van der Waals surface area contributed by atoms with Crippen LogP contribution in [0.4, 0.5) is 0 Å². The van der Waals surface area contributed by atoms with E-state index in [0.717, 1.165) is 0 Å². The predicted octanol–water partition coefficient (Wildman–Crippen LogP) is 3.07. The highest BCUT2D eigenvalue weighted by atomic mass is 32.1. The number of aromatic hydroxyl groups is 1. The minimum absolute atomic E-state index is 0.0288. The summed E-state index contributed by atoms with van der Waals surface area (Å²) in [6.45, 7) is 0.768. The first-order chi connectivity index (χ1) is 12.5. The van der Waals surface area contributed by atoms with Crippen LogP contribution in [0.2, 0.25) is 0 Å². The van der Waals surface area contributed by atoms with Crippen molar-refractivity contribution in [2.75, 3.05) is 20.3 Å². The van der Waals surface area contributed by atoms with Crippen LogP contribution in [0.25, 0.3) is 0 Å². The summed E-state index contributed by atoms with van der Waals surface area (Å²) < 4.78 is 5.04. The number of nitrogens with zero attached hydrogens (tertiary/aromatic N) is 1. The van der Waals surface area contributed by atoms with Crippen LogP contribution in [0.3, 0.4) is 0 Å². The van der Waals surface area contributed by atoms with E-state index >= 15 is 0 Å². The molecule has 1 aliphatic heterocycles. The second-order valence-electron chi connectivity index (χ2n) is 5.91. The van der Waals surface area contributed by atoms with Gasteiger partial charge in [0.2, 0.25) is 5.78 Å². The van der Waals surface area contributed by atoms with Crippen LogP contribution in [0.1, 0.15) is 27.7 Å². The number of benzene rings is 1. The Kier molecular flexibility index (Phi) is 5.39. The van der Waals surface area contributed by atoms with Gasteiger partial charge in [-0.05, 0) is 35.6 Å². The number of carbonyl (C=O) groups is 2. The molecule has 2 heterocycles. The van der Waals surface area contributed by atoms with Crippen LogP contribution in [0, 0.1) is 0 Å². The Morgan fingerprint density at radius 1 is 1.27 bits per heavy atom. The normalized spacial score (nSPS) is 17.2. The van der Waals surface area contributed by atoms with E-state index in [9.17, 15) is 19.8 Å². The van der Waals surface area contributed by atoms with E-state index in [1.165, 1.54) is 28.4 Å². The van der Waals surface area contributed by atoms with Gasteiger partial charge >= 0.3 is 0 Å². The van der Waals surface area contributed by atoms with Gasteiger partial charge in [-0.15, -0.1) is 11.3 Å². The number of rotatable bonds is 7. The summed E-state index contributed by atoms with van der Waals surface area (Å²) >= 11 is 1.25. The fourth-order valence-electron chi connectivity index (χ4n) is 3.08. The molecule has 7 heteroatoms. The van der Waals surface area contributed by atoms with Crippen molar-refractivity contribution in [2.24, 2.45) is 0 Å². The highest BCUT2D eigenvalue weighted by Crippen LogP contribution is 2.40. The van der Waals surface area contributed by atoms with Crippen molar-refractivity contribution >= 4 is 23.0 Å². The Morgan fingerprint density at radius 2 is 2.08 bits per heavy atom. The number of thiophene rings is 1. The maximum Gasteiger partial charge on any atom is 0.290 e. The lowest BCUT2D eigenvalue weighted by molar-refractivity contribution is -0.129. The Hall–Kier alpha value is -2.64. The average molecular weight is 373 g/mol. The molecule has 3 rings (SSSR count). The number of ketones is 1. The highest BCUT2D eigenvalue weighted by molar-refractivity contribution is 7.12. The van der Waals surface area contributed by atoms with Crippen LogP contribution in [-0.4, -0.2) is 47.1 Å². The monoisotopic (exact) mass is 373 g/mol. The lowest BCUT2D eigenvalue weighted by Crippen LogP contribution is -2.32. The van der Waals surface area contributed by atoms with Crippen LogP contribution in [-0.2, 0) is 9.53 Å². The number of carbonyl (C=O) groups excluding carboxylic acids is 2. The van der Waals surface area contributed by atoms with Crippen molar-refractivity contribution in [3.05, 3.63) is 63.6 Å². The van der Waals surface area contributed by atoms with Gasteiger partial charge in [-0.25, -0.2) is 0 Å². The molecule has 136 valence electrons. The van der Waals surface area contributed by atoms with Gasteiger partial charge in [0.25, 0.3) is 5.91 Å². The van der Waals surface area contributed by atoms with Crippen LogP contribution >= 0.6 is 11.3 Å². The number of hydrogen-bond donors (Lipinski definition) is 2. The number of methoxy groups -OCH3 is 1. The van der Waals surface area contributed by atoms with E-state index in [1.54, 1.807) is 36.8 Å². The lowest BCUT2D eigenvalue weighted by atomic mass is 9.95. The second kappa shape index (κ2) is 7.72. The fourth-order valence-corrected chi connectivity index (χ4v) is 3.76. The van der Waals surface area contributed by atoms with Crippen LogP contribution in [0.5, 0.6) is 5.75 Å². The second-order valence-corrected chi connectivity index (χ2v) is 6.86. The molecular weight excluding hydrogens is 354 g/mol. The summed E-state index contributed by atoms with van der Waals surface area (Å²) in [4.78, 5) is 27.4. The zero-order valence-corrected chi connectivity index (χ0v) is 15.0. The molecule has 0 saturated heterocycles. The molecule has 1 aromatic carbocycles. The van der Waals surface area contributed by atoms with Gasteiger partial charge in [0.05, 0.1) is 16.5 Å². The molecule has 1 aromatic heterocycles. The Morgan fingerprint density at radius 3 is 2.73 bits per heavy atom. The first-order valence-electron chi connectivity index (χ1n) is 8.14. The summed E-state index contributed by atoms with van der Waals surface area (Å²) in [7, 11) is 1.57. The smallest absolute Gasteiger partial charge is 0.290 e. The number of phenols is 1. The minimum atomic E-state index is -0.749. The summed E-state index contributed by atoms with van der Waals surface area (Å²) in [6.07, 6.45) is 0.561. The molecule has 0 spiro atoms. The largest absolute Gasteiger partial charge is 0.508 e. The molecule has 0 saturated carbocycles. The lowest BCUT2D eigenvalue weighted by Gasteiger charge is -2.26. The third-order valence-electron chi connectivity index (χ3n) is 4.23. The Labute approximate surface area is 155 Å². The quantitative estimate of drug-likeness (QED) is 0.575. The average Bonchev–Trinajstić information content (AvgIpc) is 3.24. The van der Waals surface area contributed by atoms with Crippen molar-refractivity contribution in [3.8, 4) is 5.75 Å².